The Morgan fingerprint density at radius 1 is 0.450 bits per heavy atom. The lowest BCUT2D eigenvalue weighted by molar-refractivity contribution is -0.369. The van der Waals surface area contributed by atoms with Gasteiger partial charge in [-0.2, -0.15) is 0 Å². The minimum absolute atomic E-state index is 0.919. The maximum atomic E-state index is 1.70. The van der Waals surface area contributed by atoms with Crippen molar-refractivity contribution < 1.29 is 0 Å². The highest BCUT2D eigenvalue weighted by Crippen LogP contribution is 2.87. The fourth-order valence-corrected chi connectivity index (χ4v) is 10.8. The predicted molar refractivity (Wildman–Crippen MR) is 79.0 cm³/mol. The third kappa shape index (κ3) is 0.877. The van der Waals surface area contributed by atoms with Gasteiger partial charge in [0.05, 0.1) is 0 Å². The molecule has 108 valence electrons. The number of rotatable bonds is 0. The van der Waals surface area contributed by atoms with Crippen molar-refractivity contribution in [1.82, 2.24) is 0 Å². The molecule has 9 saturated carbocycles. The molecule has 0 N–H and O–H groups in total. The van der Waals surface area contributed by atoms with Crippen LogP contribution >= 0.6 is 0 Å². The molecule has 0 amide bonds. The van der Waals surface area contributed by atoms with E-state index in [9.17, 15) is 0 Å². The van der Waals surface area contributed by atoms with E-state index in [1.54, 1.807) is 64.2 Å². The average molecular weight is 268 g/mol. The molecule has 6 atom stereocenters. The highest BCUT2D eigenvalue weighted by Gasteiger charge is 2.80. The van der Waals surface area contributed by atoms with Crippen LogP contribution in [0.5, 0.6) is 0 Å². The topological polar surface area (TPSA) is 0 Å². The zero-order valence-corrected chi connectivity index (χ0v) is 12.7. The van der Waals surface area contributed by atoms with Gasteiger partial charge in [-0.1, -0.05) is 0 Å². The van der Waals surface area contributed by atoms with E-state index in [1.807, 2.05) is 0 Å². The summed E-state index contributed by atoms with van der Waals surface area (Å²) < 4.78 is 0. The van der Waals surface area contributed by atoms with Gasteiger partial charge in [0.25, 0.3) is 0 Å². The van der Waals surface area contributed by atoms with Crippen LogP contribution in [0.2, 0.25) is 0 Å². The van der Waals surface area contributed by atoms with Crippen LogP contribution in [-0.2, 0) is 0 Å². The largest absolute Gasteiger partial charge is 0.0475 e. The molecule has 0 saturated heterocycles. The summed E-state index contributed by atoms with van der Waals surface area (Å²) >= 11 is 0. The summed E-state index contributed by atoms with van der Waals surface area (Å²) in [6.45, 7) is 0. The van der Waals surface area contributed by atoms with Crippen LogP contribution in [0.15, 0.2) is 0 Å². The molecular formula is C20H28. The average Bonchev–Trinajstić information content (AvgIpc) is 2.39. The molecule has 4 unspecified atom stereocenters. The molecule has 9 rings (SSSR count). The smallest absolute Gasteiger partial charge is 0.0199 e. The van der Waals surface area contributed by atoms with Gasteiger partial charge in [-0.05, 0) is 122 Å². The molecule has 0 aromatic heterocycles. The van der Waals surface area contributed by atoms with Gasteiger partial charge in [-0.25, -0.2) is 0 Å². The molecular weight excluding hydrogens is 240 g/mol. The molecule has 0 heteroatoms. The highest BCUT2D eigenvalue weighted by molar-refractivity contribution is 5.28. The van der Waals surface area contributed by atoms with Crippen LogP contribution in [0.3, 0.4) is 0 Å². The van der Waals surface area contributed by atoms with E-state index >= 15 is 0 Å². The molecule has 9 aliphatic rings. The van der Waals surface area contributed by atoms with Crippen molar-refractivity contribution in [2.75, 3.05) is 0 Å². The summed E-state index contributed by atoms with van der Waals surface area (Å²) in [5.41, 5.74) is 1.84. The minimum atomic E-state index is 0.919. The highest BCUT2D eigenvalue weighted by atomic mass is 14.8. The Bertz CT molecular complexity index is 430. The van der Waals surface area contributed by atoms with Gasteiger partial charge < -0.3 is 0 Å². The van der Waals surface area contributed by atoms with Crippen molar-refractivity contribution >= 4 is 0 Å². The van der Waals surface area contributed by atoms with Gasteiger partial charge in [0.1, 0.15) is 0 Å². The molecule has 8 bridgehead atoms. The van der Waals surface area contributed by atoms with Crippen LogP contribution in [-0.4, -0.2) is 0 Å². The van der Waals surface area contributed by atoms with Crippen LogP contribution in [0.25, 0.3) is 0 Å². The van der Waals surface area contributed by atoms with Gasteiger partial charge in [0.15, 0.2) is 0 Å². The Morgan fingerprint density at radius 2 is 0.800 bits per heavy atom. The van der Waals surface area contributed by atoms with Crippen molar-refractivity contribution in [2.24, 2.45) is 58.2 Å². The molecule has 9 aliphatic carbocycles. The Kier molecular flexibility index (Phi) is 1.55. The summed E-state index contributed by atoms with van der Waals surface area (Å²) in [4.78, 5) is 0. The number of hydrogen-bond donors (Lipinski definition) is 0. The summed E-state index contributed by atoms with van der Waals surface area (Å²) in [7, 11) is 0. The van der Waals surface area contributed by atoms with Crippen molar-refractivity contribution in [3.63, 3.8) is 0 Å². The molecule has 20 heavy (non-hydrogen) atoms. The molecule has 0 nitrogen and oxygen atoms in total. The zero-order chi connectivity index (χ0) is 12.7. The first kappa shape index (κ1) is 10.7. The van der Waals surface area contributed by atoms with E-state index < -0.39 is 0 Å². The standard InChI is InChI=1S/C20H28/c1-11-3-15-4-12(1)8-19(7-11)17(15)18-16-5-13-2-14(6-16)10-20(18,19)9-13/h11-18H,1-10H2/t11?,12?,13?,14?,15?,16?,17-,18-,19?,20?/m0/s1. The fourth-order valence-electron chi connectivity index (χ4n) is 10.8. The van der Waals surface area contributed by atoms with E-state index in [4.69, 9.17) is 0 Å². The summed E-state index contributed by atoms with van der Waals surface area (Å²) in [5, 5.41) is 0. The zero-order valence-electron chi connectivity index (χ0n) is 12.7. The molecule has 0 aliphatic heterocycles. The SMILES string of the molecule is C1C2CC3CC1CC1(C2)[C@@H]3[C@@H]2C3CC4CC(C3)CC21C4. The third-order valence-electron chi connectivity index (χ3n) is 10.2. The molecule has 0 aromatic carbocycles. The van der Waals surface area contributed by atoms with Crippen molar-refractivity contribution in [3.8, 4) is 0 Å². The minimum Gasteiger partial charge on any atom is -0.0475 e. The second kappa shape index (κ2) is 2.91. The first-order chi connectivity index (χ1) is 9.77. The maximum Gasteiger partial charge on any atom is -0.0199 e. The Hall–Kier alpha value is 0. The van der Waals surface area contributed by atoms with Crippen LogP contribution in [0.4, 0.5) is 0 Å². The Balaban J connectivity index is 1.43. The number of hydrogen-bond acceptors (Lipinski definition) is 0. The molecule has 0 heterocycles. The predicted octanol–water partition coefficient (Wildman–Crippen LogP) is 4.89. The second-order valence-electron chi connectivity index (χ2n) is 10.6. The lowest BCUT2D eigenvalue weighted by Gasteiger charge is -2.85. The summed E-state index contributed by atoms with van der Waals surface area (Å²) in [6, 6.07) is 0. The van der Waals surface area contributed by atoms with Crippen LogP contribution in [0.1, 0.15) is 64.2 Å². The van der Waals surface area contributed by atoms with Gasteiger partial charge in [-0.15, -0.1) is 0 Å². The van der Waals surface area contributed by atoms with E-state index in [1.165, 1.54) is 47.3 Å². The molecule has 0 radical (unpaired) electrons. The fraction of sp³-hybridized carbons (Fsp3) is 1.00. The van der Waals surface area contributed by atoms with Gasteiger partial charge in [0, 0.05) is 0 Å². The maximum absolute atomic E-state index is 1.70. The quantitative estimate of drug-likeness (QED) is 0.587. The van der Waals surface area contributed by atoms with E-state index in [0.29, 0.717) is 0 Å². The molecule has 0 aromatic rings. The van der Waals surface area contributed by atoms with Crippen LogP contribution in [0, 0.1) is 58.2 Å². The first-order valence-corrected chi connectivity index (χ1v) is 9.77. The van der Waals surface area contributed by atoms with E-state index in [2.05, 4.69) is 0 Å². The van der Waals surface area contributed by atoms with Gasteiger partial charge in [0.2, 0.25) is 0 Å². The van der Waals surface area contributed by atoms with Gasteiger partial charge >= 0.3 is 0 Å². The Morgan fingerprint density at radius 3 is 1.15 bits per heavy atom. The van der Waals surface area contributed by atoms with E-state index in [0.717, 1.165) is 10.8 Å². The van der Waals surface area contributed by atoms with Gasteiger partial charge in [-0.3, -0.25) is 0 Å². The molecule has 9 fully saturated rings. The normalized spacial score (nSPS) is 74.4. The van der Waals surface area contributed by atoms with Crippen molar-refractivity contribution in [2.45, 2.75) is 64.2 Å². The second-order valence-corrected chi connectivity index (χ2v) is 10.6. The Labute approximate surface area is 123 Å². The molecule has 2 spiro atoms. The van der Waals surface area contributed by atoms with Crippen LogP contribution < -0.4 is 0 Å². The van der Waals surface area contributed by atoms with Crippen molar-refractivity contribution in [3.05, 3.63) is 0 Å². The van der Waals surface area contributed by atoms with Crippen molar-refractivity contribution in [1.29, 1.82) is 0 Å². The van der Waals surface area contributed by atoms with E-state index in [-0.39, 0.29) is 0 Å². The monoisotopic (exact) mass is 268 g/mol. The summed E-state index contributed by atoms with van der Waals surface area (Å²) in [6.07, 6.45) is 16.7. The lowest BCUT2D eigenvalue weighted by atomic mass is 9.19. The first-order valence-electron chi connectivity index (χ1n) is 9.77. The lowest BCUT2D eigenvalue weighted by Crippen LogP contribution is -2.78. The third-order valence-corrected chi connectivity index (χ3v) is 10.2. The summed E-state index contributed by atoms with van der Waals surface area (Å²) in [5.74, 6) is 9.59.